The van der Waals surface area contributed by atoms with Crippen molar-refractivity contribution in [3.8, 4) is 0 Å². The van der Waals surface area contributed by atoms with Crippen LogP contribution in [-0.4, -0.2) is 42.3 Å². The molecule has 1 amide bonds. The van der Waals surface area contributed by atoms with Crippen LogP contribution in [0.1, 0.15) is 25.3 Å². The van der Waals surface area contributed by atoms with Crippen LogP contribution in [0.2, 0.25) is 5.02 Å². The van der Waals surface area contributed by atoms with E-state index in [1.807, 2.05) is 30.9 Å². The summed E-state index contributed by atoms with van der Waals surface area (Å²) in [5.74, 6) is 0.0318. The molecular formula is C16H19ClN2O3S2. The van der Waals surface area contributed by atoms with Gasteiger partial charge in [-0.15, -0.1) is 0 Å². The number of aryl methyl sites for hydroxylation is 1. The van der Waals surface area contributed by atoms with E-state index >= 15 is 0 Å². The zero-order valence-electron chi connectivity index (χ0n) is 13.5. The van der Waals surface area contributed by atoms with Gasteiger partial charge in [-0.1, -0.05) is 36.4 Å². The zero-order valence-corrected chi connectivity index (χ0v) is 15.9. The molecule has 5 nitrogen and oxygen atoms in total. The molecular weight excluding hydrogens is 368 g/mol. The molecule has 2 fully saturated rings. The van der Waals surface area contributed by atoms with E-state index < -0.39 is 9.84 Å². The Morgan fingerprint density at radius 1 is 1.42 bits per heavy atom. The second-order valence-electron chi connectivity index (χ2n) is 6.14. The van der Waals surface area contributed by atoms with Gasteiger partial charge in [0.05, 0.1) is 17.5 Å². The van der Waals surface area contributed by atoms with Crippen molar-refractivity contribution >= 4 is 50.0 Å². The van der Waals surface area contributed by atoms with Crippen LogP contribution >= 0.6 is 23.4 Å². The summed E-state index contributed by atoms with van der Waals surface area (Å²) in [6, 6.07) is 5.30. The van der Waals surface area contributed by atoms with Gasteiger partial charge in [0.15, 0.2) is 15.0 Å². The fourth-order valence-electron chi connectivity index (χ4n) is 3.06. The van der Waals surface area contributed by atoms with Crippen molar-refractivity contribution in [2.75, 3.05) is 16.4 Å². The van der Waals surface area contributed by atoms with Crippen molar-refractivity contribution in [2.45, 2.75) is 38.0 Å². The summed E-state index contributed by atoms with van der Waals surface area (Å²) < 4.78 is 24.1. The van der Waals surface area contributed by atoms with Crippen LogP contribution in [-0.2, 0) is 14.6 Å². The second kappa shape index (κ2) is 6.69. The number of thioether (sulfide) groups is 1. The van der Waals surface area contributed by atoms with Crippen molar-refractivity contribution in [1.29, 1.82) is 0 Å². The highest BCUT2D eigenvalue weighted by atomic mass is 35.5. The number of amidine groups is 1. The highest BCUT2D eigenvalue weighted by Gasteiger charge is 2.49. The average Bonchev–Trinajstić information content (AvgIpc) is 2.93. The minimum atomic E-state index is -3.07. The first kappa shape index (κ1) is 17.8. The number of amides is 1. The van der Waals surface area contributed by atoms with Crippen LogP contribution in [0.15, 0.2) is 23.2 Å². The Bertz CT molecular complexity index is 808. The Labute approximate surface area is 151 Å². The maximum absolute atomic E-state index is 12.0. The molecule has 1 aromatic carbocycles. The second-order valence-corrected chi connectivity index (χ2v) is 9.94. The van der Waals surface area contributed by atoms with Crippen LogP contribution in [0, 0.1) is 6.92 Å². The van der Waals surface area contributed by atoms with Crippen molar-refractivity contribution < 1.29 is 13.2 Å². The summed E-state index contributed by atoms with van der Waals surface area (Å²) in [6.07, 6.45) is 1.12. The maximum Gasteiger partial charge on any atom is 0.248 e. The van der Waals surface area contributed by atoms with Crippen molar-refractivity contribution in [3.05, 3.63) is 28.8 Å². The van der Waals surface area contributed by atoms with Gasteiger partial charge in [-0.05, 0) is 31.0 Å². The number of carbonyl (C=O) groups excluding carboxylic acids is 1. The van der Waals surface area contributed by atoms with Crippen molar-refractivity contribution in [2.24, 2.45) is 4.99 Å². The quantitative estimate of drug-likeness (QED) is 0.798. The summed E-state index contributed by atoms with van der Waals surface area (Å²) in [5.41, 5.74) is 1.79. The molecule has 2 saturated heterocycles. The summed E-state index contributed by atoms with van der Waals surface area (Å²) in [6.45, 7) is 3.87. The highest BCUT2D eigenvalue weighted by molar-refractivity contribution is 8.16. The standard InChI is InChI=1S/C16H19ClN2O3S2/c1-3-4-15(20)18-16-19(12-7-11(17)6-5-10(12)2)13-8-24(21,22)9-14(13)23-16/h5-7,13-14H,3-4,8-9H2,1-2H3/t13-,14-/m0/s1. The minimum absolute atomic E-state index is 0.0810. The van der Waals surface area contributed by atoms with E-state index in [-0.39, 0.29) is 28.7 Å². The number of benzene rings is 1. The largest absolute Gasteiger partial charge is 0.315 e. The first-order valence-corrected chi connectivity index (χ1v) is 10.9. The lowest BCUT2D eigenvalue weighted by molar-refractivity contribution is -0.117. The third-order valence-electron chi connectivity index (χ3n) is 4.18. The molecule has 2 atom stereocenters. The van der Waals surface area contributed by atoms with Crippen LogP contribution in [0.4, 0.5) is 5.69 Å². The normalized spacial score (nSPS) is 26.8. The smallest absolute Gasteiger partial charge is 0.248 e. The number of hydrogen-bond donors (Lipinski definition) is 0. The number of sulfone groups is 1. The molecule has 0 aromatic heterocycles. The molecule has 0 N–H and O–H groups in total. The molecule has 0 unspecified atom stereocenters. The molecule has 3 rings (SSSR count). The fourth-order valence-corrected chi connectivity index (χ4v) is 7.16. The van der Waals surface area contributed by atoms with Gasteiger partial charge < -0.3 is 4.90 Å². The van der Waals surface area contributed by atoms with Crippen LogP contribution in [0.5, 0.6) is 0 Å². The SMILES string of the molecule is CCCC(=O)N=C1S[C@H]2CS(=O)(=O)C[C@@H]2N1c1cc(Cl)ccc1C. The lowest BCUT2D eigenvalue weighted by atomic mass is 10.1. The first-order chi connectivity index (χ1) is 11.3. The summed E-state index contributed by atoms with van der Waals surface area (Å²) >= 11 is 7.53. The van der Waals surface area contributed by atoms with Crippen molar-refractivity contribution in [3.63, 3.8) is 0 Å². The Hall–Kier alpha value is -1.05. The predicted octanol–water partition coefficient (Wildman–Crippen LogP) is 3.05. The topological polar surface area (TPSA) is 66.8 Å². The summed E-state index contributed by atoms with van der Waals surface area (Å²) in [4.78, 5) is 18.2. The number of aliphatic imine (C=N–C) groups is 1. The molecule has 8 heteroatoms. The molecule has 0 saturated carbocycles. The average molecular weight is 387 g/mol. The number of halogens is 1. The molecule has 0 aliphatic carbocycles. The predicted molar refractivity (Wildman–Crippen MR) is 99.8 cm³/mol. The number of carbonyl (C=O) groups is 1. The van der Waals surface area contributed by atoms with Crippen molar-refractivity contribution in [1.82, 2.24) is 0 Å². The minimum Gasteiger partial charge on any atom is -0.315 e. The maximum atomic E-state index is 12.0. The Morgan fingerprint density at radius 3 is 2.88 bits per heavy atom. The van der Waals surface area contributed by atoms with Gasteiger partial charge >= 0.3 is 0 Å². The Kier molecular flexibility index (Phi) is 4.95. The number of nitrogens with zero attached hydrogens (tertiary/aromatic N) is 2. The van der Waals surface area contributed by atoms with Gasteiger partial charge in [0.1, 0.15) is 0 Å². The number of hydrogen-bond acceptors (Lipinski definition) is 4. The molecule has 24 heavy (non-hydrogen) atoms. The van der Waals surface area contributed by atoms with Crippen LogP contribution in [0.25, 0.3) is 0 Å². The Morgan fingerprint density at radius 2 is 2.17 bits per heavy atom. The number of fused-ring (bicyclic) bond motifs is 1. The van der Waals surface area contributed by atoms with Gasteiger partial charge in [0, 0.05) is 22.4 Å². The first-order valence-electron chi connectivity index (χ1n) is 7.84. The Balaban J connectivity index is 2.04. The molecule has 0 bridgehead atoms. The zero-order chi connectivity index (χ0) is 17.5. The van der Waals surface area contributed by atoms with E-state index in [9.17, 15) is 13.2 Å². The molecule has 2 aliphatic rings. The fraction of sp³-hybridized carbons (Fsp3) is 0.500. The van der Waals surface area contributed by atoms with Gasteiger partial charge in [-0.3, -0.25) is 4.79 Å². The highest BCUT2D eigenvalue weighted by Crippen LogP contribution is 2.42. The molecule has 2 aliphatic heterocycles. The van der Waals surface area contributed by atoms with E-state index in [1.165, 1.54) is 11.8 Å². The third-order valence-corrected chi connectivity index (χ3v) is 7.63. The molecule has 1 aromatic rings. The number of anilines is 1. The lowest BCUT2D eigenvalue weighted by Gasteiger charge is -2.26. The van der Waals surface area contributed by atoms with E-state index in [2.05, 4.69) is 4.99 Å². The van der Waals surface area contributed by atoms with Gasteiger partial charge in [0.2, 0.25) is 5.91 Å². The lowest BCUT2D eigenvalue weighted by Crippen LogP contribution is -2.38. The molecule has 2 heterocycles. The van der Waals surface area contributed by atoms with E-state index in [1.54, 1.807) is 6.07 Å². The monoisotopic (exact) mass is 386 g/mol. The molecule has 130 valence electrons. The molecule has 0 radical (unpaired) electrons. The number of rotatable bonds is 3. The van der Waals surface area contributed by atoms with Crippen LogP contribution < -0.4 is 4.90 Å². The molecule has 0 spiro atoms. The van der Waals surface area contributed by atoms with E-state index in [0.29, 0.717) is 16.6 Å². The summed E-state index contributed by atoms with van der Waals surface area (Å²) in [7, 11) is -3.07. The van der Waals surface area contributed by atoms with E-state index in [0.717, 1.165) is 17.7 Å². The van der Waals surface area contributed by atoms with Gasteiger partial charge in [-0.25, -0.2) is 8.42 Å². The van der Waals surface area contributed by atoms with E-state index in [4.69, 9.17) is 11.6 Å². The van der Waals surface area contributed by atoms with Gasteiger partial charge in [-0.2, -0.15) is 4.99 Å². The van der Waals surface area contributed by atoms with Gasteiger partial charge in [0.25, 0.3) is 0 Å². The summed E-state index contributed by atoms with van der Waals surface area (Å²) in [5, 5.41) is 1.06. The third kappa shape index (κ3) is 3.48. The van der Waals surface area contributed by atoms with Crippen LogP contribution in [0.3, 0.4) is 0 Å².